The van der Waals surface area contributed by atoms with Crippen molar-refractivity contribution in [3.8, 4) is 0 Å². The summed E-state index contributed by atoms with van der Waals surface area (Å²) < 4.78 is 0. The third kappa shape index (κ3) is 2.83. The van der Waals surface area contributed by atoms with E-state index in [1.807, 2.05) is 20.8 Å². The zero-order valence-corrected chi connectivity index (χ0v) is 12.8. The van der Waals surface area contributed by atoms with Crippen molar-refractivity contribution in [2.45, 2.75) is 79.8 Å². The standard InChI is InChI=1S/C15H29NO/c1-13(2,3)11-9-10-15(7,8)16(11)12(17)14(4,5)6/h11H,9-10H2,1-8H3. The maximum atomic E-state index is 12.7. The van der Waals surface area contributed by atoms with Crippen LogP contribution in [0.25, 0.3) is 0 Å². The van der Waals surface area contributed by atoms with Gasteiger partial charge in [0, 0.05) is 17.0 Å². The van der Waals surface area contributed by atoms with Crippen LogP contribution in [-0.4, -0.2) is 22.4 Å². The van der Waals surface area contributed by atoms with Gasteiger partial charge in [0.25, 0.3) is 0 Å². The van der Waals surface area contributed by atoms with Crippen LogP contribution in [0.2, 0.25) is 0 Å². The smallest absolute Gasteiger partial charge is 0.228 e. The zero-order valence-electron chi connectivity index (χ0n) is 12.8. The van der Waals surface area contributed by atoms with Crippen LogP contribution in [0.4, 0.5) is 0 Å². The fraction of sp³-hybridized carbons (Fsp3) is 0.933. The third-order valence-electron chi connectivity index (χ3n) is 3.85. The molecule has 2 nitrogen and oxygen atoms in total. The molecule has 1 unspecified atom stereocenters. The molecule has 1 fully saturated rings. The minimum absolute atomic E-state index is 0.00229. The van der Waals surface area contributed by atoms with Crippen LogP contribution in [0.15, 0.2) is 0 Å². The Hall–Kier alpha value is -0.530. The van der Waals surface area contributed by atoms with Crippen LogP contribution in [0.1, 0.15) is 68.2 Å². The highest BCUT2D eigenvalue weighted by atomic mass is 16.2. The van der Waals surface area contributed by atoms with E-state index in [1.54, 1.807) is 0 Å². The van der Waals surface area contributed by atoms with Crippen LogP contribution in [0.5, 0.6) is 0 Å². The second kappa shape index (κ2) is 4.00. The lowest BCUT2D eigenvalue weighted by molar-refractivity contribution is -0.147. The number of rotatable bonds is 0. The molecule has 2 heteroatoms. The van der Waals surface area contributed by atoms with Crippen LogP contribution in [0, 0.1) is 10.8 Å². The molecule has 0 aromatic rings. The molecule has 0 spiro atoms. The minimum atomic E-state index is -0.287. The van der Waals surface area contributed by atoms with Crippen LogP contribution < -0.4 is 0 Å². The van der Waals surface area contributed by atoms with Gasteiger partial charge in [-0.05, 0) is 32.1 Å². The molecule has 17 heavy (non-hydrogen) atoms. The SMILES string of the molecule is CC(C)(C)C(=O)N1C(C(C)(C)C)CCC1(C)C. The summed E-state index contributed by atoms with van der Waals surface area (Å²) in [5.41, 5.74) is -0.123. The lowest BCUT2D eigenvalue weighted by Gasteiger charge is -2.44. The first-order valence-corrected chi connectivity index (χ1v) is 6.71. The van der Waals surface area contributed by atoms with Crippen molar-refractivity contribution in [1.29, 1.82) is 0 Å². The molecule has 1 heterocycles. The Morgan fingerprint density at radius 2 is 1.59 bits per heavy atom. The Balaban J connectivity index is 3.10. The first kappa shape index (κ1) is 14.5. The van der Waals surface area contributed by atoms with E-state index < -0.39 is 0 Å². The largest absolute Gasteiger partial charge is 0.334 e. The van der Waals surface area contributed by atoms with E-state index in [0.717, 1.165) is 12.8 Å². The molecule has 0 saturated carbocycles. The van der Waals surface area contributed by atoms with Gasteiger partial charge in [0.05, 0.1) is 0 Å². The Morgan fingerprint density at radius 3 is 1.94 bits per heavy atom. The Labute approximate surface area is 107 Å². The van der Waals surface area contributed by atoms with Gasteiger partial charge in [0.2, 0.25) is 5.91 Å². The molecule has 1 aliphatic heterocycles. The topological polar surface area (TPSA) is 20.3 Å². The Kier molecular flexibility index (Phi) is 3.42. The van der Waals surface area contributed by atoms with Gasteiger partial charge < -0.3 is 4.90 Å². The minimum Gasteiger partial charge on any atom is -0.334 e. The highest BCUT2D eigenvalue weighted by Crippen LogP contribution is 2.43. The number of hydrogen-bond acceptors (Lipinski definition) is 1. The molecule has 0 radical (unpaired) electrons. The van der Waals surface area contributed by atoms with E-state index >= 15 is 0 Å². The lowest BCUT2D eigenvalue weighted by atomic mass is 9.83. The summed E-state index contributed by atoms with van der Waals surface area (Å²) in [5.74, 6) is 0.292. The van der Waals surface area contributed by atoms with Gasteiger partial charge in [-0.3, -0.25) is 4.79 Å². The lowest BCUT2D eigenvalue weighted by Crippen LogP contribution is -2.54. The maximum absolute atomic E-state index is 12.7. The monoisotopic (exact) mass is 239 g/mol. The number of carbonyl (C=O) groups excluding carboxylic acids is 1. The highest BCUT2D eigenvalue weighted by molar-refractivity contribution is 5.83. The first-order chi connectivity index (χ1) is 7.37. The quantitative estimate of drug-likeness (QED) is 0.629. The molecule has 1 aliphatic rings. The number of amides is 1. The Bertz CT molecular complexity index is 304. The fourth-order valence-corrected chi connectivity index (χ4v) is 2.76. The fourth-order valence-electron chi connectivity index (χ4n) is 2.76. The molecule has 0 bridgehead atoms. The zero-order chi connectivity index (χ0) is 13.6. The van der Waals surface area contributed by atoms with Gasteiger partial charge in [-0.2, -0.15) is 0 Å². The molecule has 1 saturated heterocycles. The van der Waals surface area contributed by atoms with Crippen molar-refractivity contribution in [2.24, 2.45) is 10.8 Å². The third-order valence-corrected chi connectivity index (χ3v) is 3.85. The van der Waals surface area contributed by atoms with Crippen molar-refractivity contribution in [3.05, 3.63) is 0 Å². The molecule has 0 aliphatic carbocycles. The van der Waals surface area contributed by atoms with Crippen LogP contribution in [0.3, 0.4) is 0 Å². The van der Waals surface area contributed by atoms with Gasteiger partial charge in [-0.15, -0.1) is 0 Å². The van der Waals surface area contributed by atoms with E-state index in [-0.39, 0.29) is 16.4 Å². The molecule has 1 atom stereocenters. The van der Waals surface area contributed by atoms with Crippen LogP contribution >= 0.6 is 0 Å². The molecular weight excluding hydrogens is 210 g/mol. The van der Waals surface area contributed by atoms with E-state index in [0.29, 0.717) is 11.9 Å². The Morgan fingerprint density at radius 1 is 1.12 bits per heavy atom. The second-order valence-electron chi connectivity index (χ2n) is 8.16. The van der Waals surface area contributed by atoms with Gasteiger partial charge in [-0.25, -0.2) is 0 Å². The number of hydrogen-bond donors (Lipinski definition) is 0. The molecule has 1 amide bonds. The average molecular weight is 239 g/mol. The van der Waals surface area contributed by atoms with E-state index in [9.17, 15) is 4.79 Å². The number of nitrogens with zero attached hydrogens (tertiary/aromatic N) is 1. The predicted octanol–water partition coefficient (Wildman–Crippen LogP) is 3.85. The van der Waals surface area contributed by atoms with E-state index in [1.165, 1.54) is 0 Å². The molecule has 100 valence electrons. The van der Waals surface area contributed by atoms with Crippen molar-refractivity contribution in [2.75, 3.05) is 0 Å². The number of likely N-dealkylation sites (tertiary alicyclic amines) is 1. The average Bonchev–Trinajstić information content (AvgIpc) is 2.37. The van der Waals surface area contributed by atoms with E-state index in [2.05, 4.69) is 39.5 Å². The highest BCUT2D eigenvalue weighted by Gasteiger charge is 2.48. The summed E-state index contributed by atoms with van der Waals surface area (Å²) in [4.78, 5) is 14.8. The van der Waals surface area contributed by atoms with Gasteiger partial charge in [0.1, 0.15) is 0 Å². The number of carbonyl (C=O) groups is 1. The molecule has 0 aromatic heterocycles. The van der Waals surface area contributed by atoms with Crippen molar-refractivity contribution in [1.82, 2.24) is 4.90 Å². The molecular formula is C15H29NO. The van der Waals surface area contributed by atoms with Crippen LogP contribution in [-0.2, 0) is 4.79 Å². The van der Waals surface area contributed by atoms with Gasteiger partial charge >= 0.3 is 0 Å². The van der Waals surface area contributed by atoms with Gasteiger partial charge in [0.15, 0.2) is 0 Å². The summed E-state index contributed by atoms with van der Waals surface area (Å²) in [7, 11) is 0. The summed E-state index contributed by atoms with van der Waals surface area (Å²) >= 11 is 0. The van der Waals surface area contributed by atoms with Crippen molar-refractivity contribution in [3.63, 3.8) is 0 Å². The summed E-state index contributed by atoms with van der Waals surface area (Å²) in [6.45, 7) is 17.2. The molecule has 0 N–H and O–H groups in total. The normalized spacial score (nSPS) is 25.2. The molecule has 0 aromatic carbocycles. The van der Waals surface area contributed by atoms with Crippen molar-refractivity contribution >= 4 is 5.91 Å². The second-order valence-corrected chi connectivity index (χ2v) is 8.16. The molecule has 1 rings (SSSR count). The summed E-state index contributed by atoms with van der Waals surface area (Å²) in [6, 6.07) is 0.365. The summed E-state index contributed by atoms with van der Waals surface area (Å²) in [5, 5.41) is 0. The first-order valence-electron chi connectivity index (χ1n) is 6.71. The predicted molar refractivity (Wildman–Crippen MR) is 72.9 cm³/mol. The van der Waals surface area contributed by atoms with Crippen molar-refractivity contribution < 1.29 is 4.79 Å². The summed E-state index contributed by atoms with van der Waals surface area (Å²) in [6.07, 6.45) is 2.23. The maximum Gasteiger partial charge on any atom is 0.228 e. The van der Waals surface area contributed by atoms with Gasteiger partial charge in [-0.1, -0.05) is 41.5 Å². The van der Waals surface area contributed by atoms with E-state index in [4.69, 9.17) is 0 Å².